The number of thioether (sulfide) groups is 1. The number of rotatable bonds is 12. The summed E-state index contributed by atoms with van der Waals surface area (Å²) in [4.78, 5) is 13.4. The van der Waals surface area contributed by atoms with Crippen LogP contribution < -0.4 is 14.2 Å². The first-order valence-corrected chi connectivity index (χ1v) is 17.3. The second-order valence-corrected chi connectivity index (χ2v) is 14.6. The average Bonchev–Trinajstić information content (AvgIpc) is 3.69. The van der Waals surface area contributed by atoms with Gasteiger partial charge >= 0.3 is 12.6 Å². The number of halogens is 5. The molecular formula is C29H24Cl3F2N3O7S2. The van der Waals surface area contributed by atoms with Gasteiger partial charge in [0.25, 0.3) is 0 Å². The first kappa shape index (κ1) is 34.3. The largest absolute Gasteiger partial charge is 0.619 e. The van der Waals surface area contributed by atoms with Crippen LogP contribution in [0, 0.1) is 22.5 Å². The minimum Gasteiger partial charge on any atom is -0.619 e. The van der Waals surface area contributed by atoms with Crippen LogP contribution in [0.5, 0.6) is 11.5 Å². The predicted molar refractivity (Wildman–Crippen MR) is 166 cm³/mol. The fourth-order valence-corrected chi connectivity index (χ4v) is 8.79. The molecule has 2 aliphatic rings. The second-order valence-electron chi connectivity index (χ2n) is 10.4. The van der Waals surface area contributed by atoms with Gasteiger partial charge in [-0.3, -0.25) is 0 Å². The highest BCUT2D eigenvalue weighted by Crippen LogP contribution is 2.40. The summed E-state index contributed by atoms with van der Waals surface area (Å²) in [5.74, 6) is -0.670. The van der Waals surface area contributed by atoms with Crippen molar-refractivity contribution >= 4 is 62.6 Å². The second kappa shape index (κ2) is 14.4. The van der Waals surface area contributed by atoms with Gasteiger partial charge in [0.2, 0.25) is 10.0 Å². The number of hydrogen-bond donors (Lipinski definition) is 0. The zero-order valence-electron chi connectivity index (χ0n) is 23.6. The SMILES string of the molecule is N#Cc1ccc(Cl)c(S(=O)(=O)N2CCS[C@H]2C(=O)O[C@@H](Cc2c(Cl)c[n+]([O-])cc2Cl)c2ccc(OC(F)F)c(OCC3CC3)c2)c1. The lowest BCUT2D eigenvalue weighted by Gasteiger charge is -2.26. The minimum atomic E-state index is -4.37. The van der Waals surface area contributed by atoms with Crippen molar-refractivity contribution < 1.29 is 40.9 Å². The number of pyridine rings is 1. The van der Waals surface area contributed by atoms with Crippen LogP contribution in [-0.2, 0) is 26.0 Å². The summed E-state index contributed by atoms with van der Waals surface area (Å²) in [7, 11) is -4.37. The zero-order chi connectivity index (χ0) is 33.2. The van der Waals surface area contributed by atoms with Gasteiger partial charge in [0.1, 0.15) is 21.0 Å². The molecule has 0 amide bonds. The molecule has 0 spiro atoms. The summed E-state index contributed by atoms with van der Waals surface area (Å²) < 4.78 is 71.3. The third-order valence-electron chi connectivity index (χ3n) is 7.13. The fraction of sp³-hybridized carbons (Fsp3) is 0.345. The van der Waals surface area contributed by atoms with Crippen molar-refractivity contribution in [3.8, 4) is 17.6 Å². The fourth-order valence-electron chi connectivity index (χ4n) is 4.64. The molecule has 0 radical (unpaired) electrons. The van der Waals surface area contributed by atoms with Crippen molar-refractivity contribution in [1.29, 1.82) is 5.26 Å². The number of esters is 1. The average molecular weight is 735 g/mol. The summed E-state index contributed by atoms with van der Waals surface area (Å²) in [5, 5.41) is 19.6. The highest BCUT2D eigenvalue weighted by atomic mass is 35.5. The van der Waals surface area contributed by atoms with Crippen molar-refractivity contribution in [1.82, 2.24) is 4.31 Å². The monoisotopic (exact) mass is 733 g/mol. The van der Waals surface area contributed by atoms with Gasteiger partial charge in [0, 0.05) is 24.3 Å². The van der Waals surface area contributed by atoms with E-state index in [1.165, 1.54) is 30.3 Å². The number of carbonyl (C=O) groups is 1. The summed E-state index contributed by atoms with van der Waals surface area (Å²) >= 11 is 19.9. The Labute approximate surface area is 282 Å². The highest BCUT2D eigenvalue weighted by Gasteiger charge is 2.43. The van der Waals surface area contributed by atoms with Crippen LogP contribution in [0.4, 0.5) is 8.78 Å². The Balaban J connectivity index is 1.49. The number of carbonyl (C=O) groups excluding carboxylic acids is 1. The number of nitriles is 1. The summed E-state index contributed by atoms with van der Waals surface area (Å²) in [6, 6.07) is 9.66. The van der Waals surface area contributed by atoms with Crippen LogP contribution >= 0.6 is 46.6 Å². The molecule has 0 bridgehead atoms. The molecule has 1 aliphatic heterocycles. The van der Waals surface area contributed by atoms with Gasteiger partial charge in [-0.25, -0.2) is 13.2 Å². The molecule has 2 atom stereocenters. The van der Waals surface area contributed by atoms with Crippen LogP contribution in [0.15, 0.2) is 53.7 Å². The molecule has 46 heavy (non-hydrogen) atoms. The lowest BCUT2D eigenvalue weighted by atomic mass is 10.0. The van der Waals surface area contributed by atoms with E-state index < -0.39 is 34.1 Å². The summed E-state index contributed by atoms with van der Waals surface area (Å²) in [6.45, 7) is -2.92. The molecule has 10 nitrogen and oxygen atoms in total. The maximum atomic E-state index is 13.8. The molecule has 17 heteroatoms. The normalized spacial score (nSPS) is 17.5. The molecular weight excluding hydrogens is 711 g/mol. The maximum absolute atomic E-state index is 13.8. The van der Waals surface area contributed by atoms with Crippen molar-refractivity contribution in [3.05, 3.63) is 85.8 Å². The number of aromatic nitrogens is 1. The standard InChI is InChI=1S/C29H24Cl3F2N3O7S2/c30-20-5-3-17(12-35)9-26(20)46(40,41)37-7-8-45-27(37)28(38)43-24(11-19-21(31)13-36(39)14-22(19)32)18-4-6-23(44-29(33)34)25(10-18)42-15-16-1-2-16/h3-6,9-10,13-14,16,24,27,29H,1-2,7-8,11,15H2/t24-,27-/m0/s1. The molecule has 5 rings (SSSR count). The number of hydrogen-bond acceptors (Lipinski definition) is 9. The first-order valence-electron chi connectivity index (χ1n) is 13.7. The van der Waals surface area contributed by atoms with Crippen LogP contribution in [-0.4, -0.2) is 49.6 Å². The van der Waals surface area contributed by atoms with Gasteiger partial charge in [0.05, 0.1) is 23.3 Å². The molecule has 1 saturated heterocycles. The Morgan fingerprint density at radius 3 is 2.48 bits per heavy atom. The van der Waals surface area contributed by atoms with Crippen LogP contribution in [0.1, 0.15) is 35.6 Å². The lowest BCUT2D eigenvalue weighted by molar-refractivity contribution is -0.605. The molecule has 1 saturated carbocycles. The van der Waals surface area contributed by atoms with E-state index in [-0.39, 0.29) is 79.4 Å². The van der Waals surface area contributed by atoms with Crippen molar-refractivity contribution in [2.75, 3.05) is 18.9 Å². The molecule has 2 heterocycles. The first-order chi connectivity index (χ1) is 21.9. The Morgan fingerprint density at radius 1 is 1.11 bits per heavy atom. The third kappa shape index (κ3) is 7.90. The topological polar surface area (TPSA) is 133 Å². The van der Waals surface area contributed by atoms with Gasteiger partial charge in [0.15, 0.2) is 29.3 Å². The third-order valence-corrected chi connectivity index (χ3v) is 11.4. The van der Waals surface area contributed by atoms with Gasteiger partial charge < -0.3 is 19.4 Å². The molecule has 3 aromatic rings. The Bertz CT molecular complexity index is 1770. The molecule has 0 unspecified atom stereocenters. The molecule has 2 fully saturated rings. The number of benzene rings is 2. The van der Waals surface area contributed by atoms with Gasteiger partial charge in [-0.2, -0.15) is 23.1 Å². The highest BCUT2D eigenvalue weighted by molar-refractivity contribution is 8.02. The quantitative estimate of drug-likeness (QED) is 0.122. The van der Waals surface area contributed by atoms with Gasteiger partial charge in [-0.05, 0) is 54.7 Å². The van der Waals surface area contributed by atoms with E-state index in [9.17, 15) is 32.5 Å². The zero-order valence-corrected chi connectivity index (χ0v) is 27.5. The van der Waals surface area contributed by atoms with Gasteiger partial charge in [-0.15, -0.1) is 11.8 Å². The van der Waals surface area contributed by atoms with E-state index in [0.29, 0.717) is 4.73 Å². The van der Waals surface area contributed by atoms with Crippen LogP contribution in [0.3, 0.4) is 0 Å². The maximum Gasteiger partial charge on any atom is 0.387 e. The molecule has 1 aliphatic carbocycles. The Hall–Kier alpha value is -3.06. The summed E-state index contributed by atoms with van der Waals surface area (Å²) in [6.07, 6.45) is 2.60. The van der Waals surface area contributed by atoms with Crippen molar-refractivity contribution in [2.24, 2.45) is 5.92 Å². The van der Waals surface area contributed by atoms with Crippen LogP contribution in [0.2, 0.25) is 15.1 Å². The molecule has 0 N–H and O–H groups in total. The number of alkyl halides is 2. The predicted octanol–water partition coefficient (Wildman–Crippen LogP) is 6.13. The van der Waals surface area contributed by atoms with E-state index >= 15 is 0 Å². The van der Waals surface area contributed by atoms with E-state index in [0.717, 1.165) is 47.4 Å². The molecule has 1 aromatic heterocycles. The van der Waals surface area contributed by atoms with Crippen LogP contribution in [0.25, 0.3) is 0 Å². The number of sulfonamides is 1. The van der Waals surface area contributed by atoms with Gasteiger partial charge in [-0.1, -0.05) is 40.9 Å². The number of ether oxygens (including phenoxy) is 3. The smallest absolute Gasteiger partial charge is 0.387 e. The Kier molecular flexibility index (Phi) is 10.7. The van der Waals surface area contributed by atoms with E-state index in [2.05, 4.69) is 4.74 Å². The molecule has 244 valence electrons. The summed E-state index contributed by atoms with van der Waals surface area (Å²) in [5.41, 5.74) is 0.572. The Morgan fingerprint density at radius 2 is 1.83 bits per heavy atom. The van der Waals surface area contributed by atoms with Crippen molar-refractivity contribution in [3.63, 3.8) is 0 Å². The van der Waals surface area contributed by atoms with Crippen molar-refractivity contribution in [2.45, 2.75) is 42.2 Å². The van der Waals surface area contributed by atoms with E-state index in [1.54, 1.807) is 0 Å². The minimum absolute atomic E-state index is 0.0140. The van der Waals surface area contributed by atoms with E-state index in [4.69, 9.17) is 44.3 Å². The van der Waals surface area contributed by atoms with E-state index in [1.807, 2.05) is 6.07 Å². The molecule has 2 aromatic carbocycles. The lowest BCUT2D eigenvalue weighted by Crippen LogP contribution is -2.41. The number of nitrogens with zero attached hydrogens (tertiary/aromatic N) is 3.